The Labute approximate surface area is 176 Å². The van der Waals surface area contributed by atoms with E-state index in [0.717, 1.165) is 36.3 Å². The SMILES string of the molecule is COc1cccc(C(=NOCCN2CCCC(C(=O)O)C2)c2ccccc2OC)c1. The number of carboxylic acid groups (broad SMARTS) is 1. The minimum atomic E-state index is -0.727. The molecule has 0 aromatic heterocycles. The summed E-state index contributed by atoms with van der Waals surface area (Å²) in [6.45, 7) is 2.43. The summed E-state index contributed by atoms with van der Waals surface area (Å²) < 4.78 is 10.9. The summed E-state index contributed by atoms with van der Waals surface area (Å²) in [6.07, 6.45) is 1.62. The summed E-state index contributed by atoms with van der Waals surface area (Å²) in [7, 11) is 3.25. The molecule has 0 radical (unpaired) electrons. The highest BCUT2D eigenvalue weighted by atomic mass is 16.6. The van der Waals surface area contributed by atoms with Gasteiger partial charge in [-0.15, -0.1) is 0 Å². The van der Waals surface area contributed by atoms with Crippen molar-refractivity contribution in [2.45, 2.75) is 12.8 Å². The summed E-state index contributed by atoms with van der Waals surface area (Å²) in [4.78, 5) is 19.0. The highest BCUT2D eigenvalue weighted by molar-refractivity contribution is 6.14. The maximum absolute atomic E-state index is 11.2. The monoisotopic (exact) mass is 412 g/mol. The predicted molar refractivity (Wildman–Crippen MR) is 114 cm³/mol. The molecule has 160 valence electrons. The van der Waals surface area contributed by atoms with E-state index < -0.39 is 5.97 Å². The van der Waals surface area contributed by atoms with Gasteiger partial charge in [0, 0.05) is 24.2 Å². The lowest BCUT2D eigenvalue weighted by molar-refractivity contribution is -0.143. The quantitative estimate of drug-likeness (QED) is 0.387. The zero-order chi connectivity index (χ0) is 21.3. The van der Waals surface area contributed by atoms with Crippen LogP contribution in [-0.2, 0) is 9.63 Å². The Morgan fingerprint density at radius 1 is 1.17 bits per heavy atom. The topological polar surface area (TPSA) is 80.6 Å². The van der Waals surface area contributed by atoms with Crippen molar-refractivity contribution < 1.29 is 24.2 Å². The van der Waals surface area contributed by atoms with Gasteiger partial charge in [0.2, 0.25) is 0 Å². The lowest BCUT2D eigenvalue weighted by Gasteiger charge is -2.29. The number of piperidine rings is 1. The first-order chi connectivity index (χ1) is 14.6. The molecule has 0 saturated carbocycles. The van der Waals surface area contributed by atoms with Crippen LogP contribution in [0.15, 0.2) is 53.7 Å². The van der Waals surface area contributed by atoms with Crippen LogP contribution in [0.4, 0.5) is 0 Å². The number of oxime groups is 1. The Bertz CT molecular complexity index is 883. The maximum Gasteiger partial charge on any atom is 0.307 e. The standard InChI is InChI=1S/C23H28N2O5/c1-28-19-9-5-7-17(15-19)22(20-10-3-4-11-21(20)29-2)24-30-14-13-25-12-6-8-18(16-25)23(26)27/h3-5,7,9-11,15,18H,6,8,12-14,16H2,1-2H3,(H,26,27). The van der Waals surface area contributed by atoms with Gasteiger partial charge in [-0.3, -0.25) is 9.69 Å². The summed E-state index contributed by atoms with van der Waals surface area (Å²) in [5.41, 5.74) is 2.31. The van der Waals surface area contributed by atoms with Gasteiger partial charge in [-0.25, -0.2) is 0 Å². The van der Waals surface area contributed by atoms with Crippen LogP contribution in [0, 0.1) is 5.92 Å². The van der Waals surface area contributed by atoms with E-state index in [1.807, 2.05) is 48.5 Å². The number of benzene rings is 2. The number of hydrogen-bond acceptors (Lipinski definition) is 6. The second-order valence-corrected chi connectivity index (χ2v) is 7.18. The first-order valence-corrected chi connectivity index (χ1v) is 10.0. The largest absolute Gasteiger partial charge is 0.497 e. The van der Waals surface area contributed by atoms with Crippen molar-refractivity contribution in [1.82, 2.24) is 4.90 Å². The molecule has 2 aromatic rings. The molecular formula is C23H28N2O5. The predicted octanol–water partition coefficient (Wildman–Crippen LogP) is 3.27. The molecule has 30 heavy (non-hydrogen) atoms. The molecule has 1 aliphatic heterocycles. The summed E-state index contributed by atoms with van der Waals surface area (Å²) >= 11 is 0. The smallest absolute Gasteiger partial charge is 0.307 e. The van der Waals surface area contributed by atoms with Gasteiger partial charge < -0.3 is 19.4 Å². The highest BCUT2D eigenvalue weighted by Gasteiger charge is 2.25. The van der Waals surface area contributed by atoms with Gasteiger partial charge >= 0.3 is 5.97 Å². The Hall–Kier alpha value is -3.06. The molecule has 0 spiro atoms. The molecule has 0 amide bonds. The minimum Gasteiger partial charge on any atom is -0.497 e. The van der Waals surface area contributed by atoms with Crippen LogP contribution in [-0.4, -0.2) is 62.1 Å². The molecule has 7 nitrogen and oxygen atoms in total. The van der Waals surface area contributed by atoms with E-state index in [9.17, 15) is 9.90 Å². The van der Waals surface area contributed by atoms with Crippen molar-refractivity contribution in [2.75, 3.05) is 40.5 Å². The van der Waals surface area contributed by atoms with Gasteiger partial charge in [0.1, 0.15) is 23.8 Å². The van der Waals surface area contributed by atoms with Crippen molar-refractivity contribution in [3.05, 3.63) is 59.7 Å². The van der Waals surface area contributed by atoms with Crippen molar-refractivity contribution in [3.8, 4) is 11.5 Å². The van der Waals surface area contributed by atoms with Gasteiger partial charge in [-0.1, -0.05) is 29.4 Å². The van der Waals surface area contributed by atoms with Crippen LogP contribution in [0.5, 0.6) is 11.5 Å². The number of methoxy groups -OCH3 is 2. The fourth-order valence-electron chi connectivity index (χ4n) is 3.61. The molecule has 1 saturated heterocycles. The van der Waals surface area contributed by atoms with Gasteiger partial charge in [0.15, 0.2) is 0 Å². The molecule has 1 aliphatic rings. The van der Waals surface area contributed by atoms with E-state index in [-0.39, 0.29) is 5.92 Å². The van der Waals surface area contributed by atoms with E-state index in [1.54, 1.807) is 14.2 Å². The van der Waals surface area contributed by atoms with E-state index in [2.05, 4.69) is 10.1 Å². The number of aliphatic carboxylic acids is 1. The second kappa shape index (κ2) is 10.6. The number of ether oxygens (including phenoxy) is 2. The molecule has 2 aromatic carbocycles. The number of likely N-dealkylation sites (tertiary alicyclic amines) is 1. The van der Waals surface area contributed by atoms with Crippen molar-refractivity contribution >= 4 is 11.7 Å². The Balaban J connectivity index is 1.75. The van der Waals surface area contributed by atoms with Crippen molar-refractivity contribution in [2.24, 2.45) is 11.1 Å². The normalized spacial score (nSPS) is 17.4. The number of hydrogen-bond donors (Lipinski definition) is 1. The third-order valence-corrected chi connectivity index (χ3v) is 5.21. The molecular weight excluding hydrogens is 384 g/mol. The first-order valence-electron chi connectivity index (χ1n) is 10.0. The maximum atomic E-state index is 11.2. The summed E-state index contributed by atoms with van der Waals surface area (Å²) in [6, 6.07) is 15.3. The zero-order valence-electron chi connectivity index (χ0n) is 17.4. The lowest BCUT2D eigenvalue weighted by Crippen LogP contribution is -2.40. The fraction of sp³-hybridized carbons (Fsp3) is 0.391. The van der Waals surface area contributed by atoms with Gasteiger partial charge in [0.25, 0.3) is 0 Å². The summed E-state index contributed by atoms with van der Waals surface area (Å²) in [5, 5.41) is 13.7. The number of para-hydroxylation sites is 1. The average Bonchev–Trinajstić information content (AvgIpc) is 2.79. The number of rotatable bonds is 9. The molecule has 3 rings (SSSR count). The lowest BCUT2D eigenvalue weighted by atomic mass is 9.98. The molecule has 1 fully saturated rings. The van der Waals surface area contributed by atoms with Gasteiger partial charge in [-0.05, 0) is 43.7 Å². The molecule has 1 heterocycles. The van der Waals surface area contributed by atoms with Crippen molar-refractivity contribution in [3.63, 3.8) is 0 Å². The molecule has 1 unspecified atom stereocenters. The van der Waals surface area contributed by atoms with E-state index in [0.29, 0.717) is 31.2 Å². The highest BCUT2D eigenvalue weighted by Crippen LogP contribution is 2.24. The van der Waals surface area contributed by atoms with Crippen LogP contribution in [0.3, 0.4) is 0 Å². The van der Waals surface area contributed by atoms with Crippen LogP contribution in [0.25, 0.3) is 0 Å². The molecule has 0 aliphatic carbocycles. The average molecular weight is 412 g/mol. The Morgan fingerprint density at radius 2 is 2.00 bits per heavy atom. The first kappa shape index (κ1) is 21.6. The van der Waals surface area contributed by atoms with Crippen LogP contribution in [0.1, 0.15) is 24.0 Å². The molecule has 1 atom stereocenters. The minimum absolute atomic E-state index is 0.303. The Morgan fingerprint density at radius 3 is 2.77 bits per heavy atom. The van der Waals surface area contributed by atoms with Gasteiger partial charge in [-0.2, -0.15) is 0 Å². The third kappa shape index (κ3) is 5.51. The number of carbonyl (C=O) groups is 1. The van der Waals surface area contributed by atoms with E-state index in [1.165, 1.54) is 0 Å². The van der Waals surface area contributed by atoms with Gasteiger partial charge in [0.05, 0.1) is 20.1 Å². The number of carboxylic acids is 1. The number of nitrogens with zero attached hydrogens (tertiary/aromatic N) is 2. The van der Waals surface area contributed by atoms with E-state index >= 15 is 0 Å². The summed E-state index contributed by atoms with van der Waals surface area (Å²) in [5.74, 6) is 0.393. The van der Waals surface area contributed by atoms with Crippen LogP contribution in [0.2, 0.25) is 0 Å². The second-order valence-electron chi connectivity index (χ2n) is 7.18. The molecule has 7 heteroatoms. The fourth-order valence-corrected chi connectivity index (χ4v) is 3.61. The Kier molecular flexibility index (Phi) is 7.68. The van der Waals surface area contributed by atoms with Crippen LogP contribution >= 0.6 is 0 Å². The molecule has 1 N–H and O–H groups in total. The zero-order valence-corrected chi connectivity index (χ0v) is 17.4. The third-order valence-electron chi connectivity index (χ3n) is 5.21. The van der Waals surface area contributed by atoms with E-state index in [4.69, 9.17) is 14.3 Å². The van der Waals surface area contributed by atoms with Crippen molar-refractivity contribution in [1.29, 1.82) is 0 Å². The molecule has 0 bridgehead atoms. The van der Waals surface area contributed by atoms with Crippen LogP contribution < -0.4 is 9.47 Å².